The summed E-state index contributed by atoms with van der Waals surface area (Å²) >= 11 is 12.4. The van der Waals surface area contributed by atoms with E-state index in [1.807, 2.05) is 18.2 Å². The Morgan fingerprint density at radius 2 is 1.74 bits per heavy atom. The lowest BCUT2D eigenvalue weighted by molar-refractivity contribution is 0.0223. The molecule has 2 heterocycles. The van der Waals surface area contributed by atoms with E-state index in [2.05, 4.69) is 15.1 Å². The largest absolute Gasteiger partial charge is 0.314 e. The van der Waals surface area contributed by atoms with Crippen LogP contribution in [0.25, 0.3) is 0 Å². The van der Waals surface area contributed by atoms with Crippen LogP contribution < -0.4 is 5.32 Å². The van der Waals surface area contributed by atoms with Gasteiger partial charge in [-0.25, -0.2) is 0 Å². The molecule has 1 aromatic carbocycles. The van der Waals surface area contributed by atoms with Gasteiger partial charge in [0, 0.05) is 67.5 Å². The Labute approximate surface area is 124 Å². The third-order valence-corrected chi connectivity index (χ3v) is 4.76. The van der Waals surface area contributed by atoms with E-state index >= 15 is 0 Å². The van der Waals surface area contributed by atoms with Crippen molar-refractivity contribution in [3.05, 3.63) is 33.8 Å². The Morgan fingerprint density at radius 3 is 2.37 bits per heavy atom. The van der Waals surface area contributed by atoms with Crippen molar-refractivity contribution >= 4 is 23.2 Å². The van der Waals surface area contributed by atoms with Crippen molar-refractivity contribution in [2.75, 3.05) is 39.3 Å². The predicted octanol–water partition coefficient (Wildman–Crippen LogP) is 2.08. The molecule has 19 heavy (non-hydrogen) atoms. The van der Waals surface area contributed by atoms with Crippen LogP contribution in [0.1, 0.15) is 5.56 Å². The smallest absolute Gasteiger partial charge is 0.0465 e. The van der Waals surface area contributed by atoms with Crippen molar-refractivity contribution in [1.82, 2.24) is 15.1 Å². The van der Waals surface area contributed by atoms with Gasteiger partial charge >= 0.3 is 0 Å². The highest BCUT2D eigenvalue weighted by atomic mass is 35.5. The molecule has 1 aromatic rings. The summed E-state index contributed by atoms with van der Waals surface area (Å²) in [6, 6.07) is 6.43. The molecule has 2 aliphatic rings. The zero-order valence-corrected chi connectivity index (χ0v) is 12.4. The number of nitrogens with zero attached hydrogens (tertiary/aromatic N) is 2. The number of piperazine rings is 1. The number of halogens is 2. The molecule has 0 aromatic heterocycles. The molecule has 3 rings (SSSR count). The molecule has 5 heteroatoms. The maximum atomic E-state index is 6.21. The molecule has 0 amide bonds. The van der Waals surface area contributed by atoms with Crippen LogP contribution in [0.2, 0.25) is 10.0 Å². The first-order valence-corrected chi connectivity index (χ1v) is 7.59. The van der Waals surface area contributed by atoms with Gasteiger partial charge in [0.05, 0.1) is 0 Å². The molecule has 2 saturated heterocycles. The highest BCUT2D eigenvalue weighted by Gasteiger charge is 2.32. The van der Waals surface area contributed by atoms with E-state index in [-0.39, 0.29) is 0 Å². The summed E-state index contributed by atoms with van der Waals surface area (Å²) in [6.45, 7) is 7.70. The van der Waals surface area contributed by atoms with E-state index in [0.29, 0.717) is 6.04 Å². The Morgan fingerprint density at radius 1 is 1.11 bits per heavy atom. The molecule has 3 nitrogen and oxygen atoms in total. The number of hydrogen-bond acceptors (Lipinski definition) is 3. The van der Waals surface area contributed by atoms with Gasteiger partial charge in [0.1, 0.15) is 0 Å². The van der Waals surface area contributed by atoms with Gasteiger partial charge in [0.25, 0.3) is 0 Å². The number of rotatable bonds is 3. The molecule has 0 aliphatic carbocycles. The average molecular weight is 300 g/mol. The van der Waals surface area contributed by atoms with E-state index < -0.39 is 0 Å². The third kappa shape index (κ3) is 3.06. The van der Waals surface area contributed by atoms with Gasteiger partial charge in [-0.1, -0.05) is 29.3 Å². The first kappa shape index (κ1) is 13.7. The van der Waals surface area contributed by atoms with Gasteiger partial charge in [-0.2, -0.15) is 0 Å². The SMILES string of the molecule is Clc1cccc(Cl)c1CN1CC(N2CCNCC2)C1. The fraction of sp³-hybridized carbons (Fsp3) is 0.571. The summed E-state index contributed by atoms with van der Waals surface area (Å²) in [7, 11) is 0. The predicted molar refractivity (Wildman–Crippen MR) is 80.0 cm³/mol. The summed E-state index contributed by atoms with van der Waals surface area (Å²) in [5, 5.41) is 4.95. The normalized spacial score (nSPS) is 22.4. The lowest BCUT2D eigenvalue weighted by Gasteiger charge is -2.47. The highest BCUT2D eigenvalue weighted by Crippen LogP contribution is 2.28. The minimum Gasteiger partial charge on any atom is -0.314 e. The summed E-state index contributed by atoms with van der Waals surface area (Å²) in [5.41, 5.74) is 1.06. The Hall–Kier alpha value is -0.320. The molecule has 2 aliphatic heterocycles. The summed E-state index contributed by atoms with van der Waals surface area (Å²) in [6.07, 6.45) is 0. The van der Waals surface area contributed by atoms with Crippen molar-refractivity contribution in [3.63, 3.8) is 0 Å². The molecule has 0 spiro atoms. The van der Waals surface area contributed by atoms with Crippen LogP contribution in [0.15, 0.2) is 18.2 Å². The maximum Gasteiger partial charge on any atom is 0.0465 e. The summed E-state index contributed by atoms with van der Waals surface area (Å²) in [4.78, 5) is 5.00. The van der Waals surface area contributed by atoms with E-state index in [9.17, 15) is 0 Å². The van der Waals surface area contributed by atoms with Gasteiger partial charge in [0.15, 0.2) is 0 Å². The van der Waals surface area contributed by atoms with E-state index in [1.165, 1.54) is 13.1 Å². The van der Waals surface area contributed by atoms with Crippen LogP contribution in [0.3, 0.4) is 0 Å². The lowest BCUT2D eigenvalue weighted by atomic mass is 10.0. The molecule has 2 fully saturated rings. The summed E-state index contributed by atoms with van der Waals surface area (Å²) in [5.74, 6) is 0. The maximum absolute atomic E-state index is 6.21. The molecule has 0 saturated carbocycles. The number of nitrogens with one attached hydrogen (secondary N) is 1. The lowest BCUT2D eigenvalue weighted by Crippen LogP contribution is -2.62. The van der Waals surface area contributed by atoms with Crippen molar-refractivity contribution in [2.24, 2.45) is 0 Å². The molecule has 0 atom stereocenters. The standard InChI is InChI=1S/C14H19Cl2N3/c15-13-2-1-3-14(16)12(13)10-18-8-11(9-18)19-6-4-17-5-7-19/h1-3,11,17H,4-10H2. The van der Waals surface area contributed by atoms with Gasteiger partial charge in [-0.15, -0.1) is 0 Å². The van der Waals surface area contributed by atoms with Crippen LogP contribution in [-0.2, 0) is 6.54 Å². The molecular weight excluding hydrogens is 281 g/mol. The average Bonchev–Trinajstić information content (AvgIpc) is 2.37. The Bertz CT molecular complexity index is 420. The summed E-state index contributed by atoms with van der Waals surface area (Å²) < 4.78 is 0. The van der Waals surface area contributed by atoms with Crippen LogP contribution >= 0.6 is 23.2 Å². The zero-order chi connectivity index (χ0) is 13.2. The van der Waals surface area contributed by atoms with Crippen molar-refractivity contribution in [2.45, 2.75) is 12.6 Å². The molecule has 104 valence electrons. The molecule has 0 bridgehead atoms. The zero-order valence-electron chi connectivity index (χ0n) is 10.9. The van der Waals surface area contributed by atoms with Crippen molar-refractivity contribution in [3.8, 4) is 0 Å². The quantitative estimate of drug-likeness (QED) is 0.922. The highest BCUT2D eigenvalue weighted by molar-refractivity contribution is 6.35. The fourth-order valence-electron chi connectivity index (χ4n) is 2.86. The second-order valence-electron chi connectivity index (χ2n) is 5.33. The third-order valence-electron chi connectivity index (χ3n) is 4.05. The van der Waals surface area contributed by atoms with Crippen LogP contribution in [0.4, 0.5) is 0 Å². The molecule has 0 radical (unpaired) electrons. The van der Waals surface area contributed by atoms with Gasteiger partial charge in [-0.3, -0.25) is 9.80 Å². The second kappa shape index (κ2) is 5.98. The molecular formula is C14H19Cl2N3. The molecule has 0 unspecified atom stereocenters. The Kier molecular flexibility index (Phi) is 4.30. The minimum absolute atomic E-state index is 0.711. The number of benzene rings is 1. The van der Waals surface area contributed by atoms with E-state index in [4.69, 9.17) is 23.2 Å². The Balaban J connectivity index is 1.53. The number of hydrogen-bond donors (Lipinski definition) is 1. The van der Waals surface area contributed by atoms with Crippen LogP contribution in [0, 0.1) is 0 Å². The molecule has 1 N–H and O–H groups in total. The first-order chi connectivity index (χ1) is 9.24. The van der Waals surface area contributed by atoms with Gasteiger partial charge in [-0.05, 0) is 12.1 Å². The van der Waals surface area contributed by atoms with Crippen LogP contribution in [-0.4, -0.2) is 55.1 Å². The van der Waals surface area contributed by atoms with E-state index in [0.717, 1.165) is 48.3 Å². The van der Waals surface area contributed by atoms with E-state index in [1.54, 1.807) is 0 Å². The number of likely N-dealkylation sites (tertiary alicyclic amines) is 1. The minimum atomic E-state index is 0.711. The van der Waals surface area contributed by atoms with Crippen LogP contribution in [0.5, 0.6) is 0 Å². The second-order valence-corrected chi connectivity index (χ2v) is 6.15. The first-order valence-electron chi connectivity index (χ1n) is 6.84. The van der Waals surface area contributed by atoms with Gasteiger partial charge in [0.2, 0.25) is 0 Å². The van der Waals surface area contributed by atoms with Gasteiger partial charge < -0.3 is 5.32 Å². The monoisotopic (exact) mass is 299 g/mol. The van der Waals surface area contributed by atoms with Crippen molar-refractivity contribution < 1.29 is 0 Å². The fourth-order valence-corrected chi connectivity index (χ4v) is 3.37. The van der Waals surface area contributed by atoms with Crippen molar-refractivity contribution in [1.29, 1.82) is 0 Å². The topological polar surface area (TPSA) is 18.5 Å².